The van der Waals surface area contributed by atoms with E-state index in [1.807, 2.05) is 36.4 Å². The molecular weight excluding hydrogens is 425 g/mol. The van der Waals surface area contributed by atoms with Crippen LogP contribution in [0.3, 0.4) is 0 Å². The number of amides is 1. The largest absolute Gasteiger partial charge is 0.467 e. The zero-order valence-electron chi connectivity index (χ0n) is 16.6. The number of nitrogens with zero attached hydrogens (tertiary/aromatic N) is 1. The lowest BCUT2D eigenvalue weighted by Crippen LogP contribution is -2.49. The average molecular weight is 447 g/mol. The second kappa shape index (κ2) is 9.41. The predicted molar refractivity (Wildman–Crippen MR) is 116 cm³/mol. The molecule has 0 radical (unpaired) electrons. The number of likely N-dealkylation sites (tertiary alicyclic amines) is 1. The number of benzene rings is 2. The molecule has 3 rings (SSSR count). The Morgan fingerprint density at radius 2 is 1.23 bits per heavy atom. The first kappa shape index (κ1) is 22.0. The molecule has 1 aliphatic rings. The molecule has 2 aromatic carbocycles. The van der Waals surface area contributed by atoms with Gasteiger partial charge in [0, 0.05) is 10.6 Å². The minimum atomic E-state index is -3.03. The van der Waals surface area contributed by atoms with Crippen molar-refractivity contribution in [1.82, 2.24) is 4.90 Å². The highest BCUT2D eigenvalue weighted by Crippen LogP contribution is 2.46. The Morgan fingerprint density at radius 3 is 1.60 bits per heavy atom. The first-order valence-corrected chi connectivity index (χ1v) is 12.0. The van der Waals surface area contributed by atoms with Crippen molar-refractivity contribution in [3.05, 3.63) is 60.7 Å². The van der Waals surface area contributed by atoms with E-state index in [-0.39, 0.29) is 12.8 Å². The Hall–Kier alpha value is -2.70. The molecule has 1 fully saturated rings. The van der Waals surface area contributed by atoms with Gasteiger partial charge in [-0.25, -0.2) is 14.4 Å². The maximum Gasteiger partial charge on any atom is 0.415 e. The van der Waals surface area contributed by atoms with Crippen LogP contribution in [0.25, 0.3) is 0 Å². The van der Waals surface area contributed by atoms with Gasteiger partial charge in [-0.1, -0.05) is 60.7 Å². The lowest BCUT2D eigenvalue weighted by Gasteiger charge is -2.30. The van der Waals surface area contributed by atoms with Gasteiger partial charge in [0.25, 0.3) is 0 Å². The van der Waals surface area contributed by atoms with Crippen LogP contribution in [0, 0.1) is 0 Å². The second-order valence-corrected chi connectivity index (χ2v) is 10.5. The van der Waals surface area contributed by atoms with E-state index in [2.05, 4.69) is 0 Å². The van der Waals surface area contributed by atoms with Gasteiger partial charge in [-0.15, -0.1) is 0 Å². The van der Waals surface area contributed by atoms with Crippen LogP contribution in [-0.2, 0) is 35.4 Å². The molecule has 9 heteroatoms. The molecule has 2 atom stereocenters. The van der Waals surface area contributed by atoms with E-state index < -0.39 is 36.4 Å². The molecule has 0 unspecified atom stereocenters. The van der Waals surface area contributed by atoms with E-state index in [0.29, 0.717) is 10.6 Å². The van der Waals surface area contributed by atoms with E-state index in [1.54, 1.807) is 24.3 Å². The normalized spacial score (nSPS) is 18.5. The van der Waals surface area contributed by atoms with Gasteiger partial charge in [-0.05, 0) is 24.6 Å². The Labute approximate surface area is 180 Å². The number of esters is 2. The maximum absolute atomic E-state index is 13.3. The summed E-state index contributed by atoms with van der Waals surface area (Å²) in [6, 6.07) is 16.3. The number of methoxy groups -OCH3 is 2. The average Bonchev–Trinajstić information content (AvgIpc) is 3.24. The molecule has 0 N–H and O–H groups in total. The maximum atomic E-state index is 13.3. The minimum absolute atomic E-state index is 0.265. The molecular formula is C21H22NO6PS. The Kier molecular flexibility index (Phi) is 6.90. The van der Waals surface area contributed by atoms with Gasteiger partial charge < -0.3 is 14.0 Å². The number of hydrogen-bond acceptors (Lipinski definition) is 7. The molecule has 0 aromatic heterocycles. The summed E-state index contributed by atoms with van der Waals surface area (Å²) in [6.45, 7) is 0. The topological polar surface area (TPSA) is 82.1 Å². The van der Waals surface area contributed by atoms with Crippen LogP contribution in [0.2, 0.25) is 0 Å². The molecule has 1 aliphatic heterocycles. The van der Waals surface area contributed by atoms with E-state index in [1.165, 1.54) is 14.2 Å². The van der Waals surface area contributed by atoms with Crippen LogP contribution in [-0.4, -0.2) is 49.2 Å². The number of hydrogen-bond donors (Lipinski definition) is 0. The summed E-state index contributed by atoms with van der Waals surface area (Å²) in [7, 11) is 2.46. The fraction of sp³-hybridized carbons (Fsp3) is 0.286. The molecule has 1 amide bonds. The van der Waals surface area contributed by atoms with Crippen LogP contribution < -0.4 is 10.6 Å². The summed E-state index contributed by atoms with van der Waals surface area (Å²) >= 11 is 5.92. The molecule has 0 saturated carbocycles. The lowest BCUT2D eigenvalue weighted by molar-refractivity contribution is -0.149. The number of rotatable bonds is 5. The molecule has 1 saturated heterocycles. The molecule has 158 valence electrons. The molecule has 2 aromatic rings. The van der Waals surface area contributed by atoms with Crippen LogP contribution >= 0.6 is 6.26 Å². The van der Waals surface area contributed by atoms with E-state index in [9.17, 15) is 14.4 Å². The van der Waals surface area contributed by atoms with E-state index in [0.717, 1.165) is 4.90 Å². The summed E-state index contributed by atoms with van der Waals surface area (Å²) in [5, 5.41) is 1.37. The molecule has 0 bridgehead atoms. The van der Waals surface area contributed by atoms with Gasteiger partial charge in [0.05, 0.1) is 14.2 Å². The molecule has 30 heavy (non-hydrogen) atoms. The van der Waals surface area contributed by atoms with E-state index in [4.69, 9.17) is 25.8 Å². The van der Waals surface area contributed by atoms with E-state index >= 15 is 0 Å². The second-order valence-electron chi connectivity index (χ2n) is 6.64. The number of carbonyl (C=O) groups excluding carboxylic acids is 3. The zero-order valence-corrected chi connectivity index (χ0v) is 18.3. The van der Waals surface area contributed by atoms with Crippen molar-refractivity contribution in [1.29, 1.82) is 0 Å². The van der Waals surface area contributed by atoms with Crippen molar-refractivity contribution < 1.29 is 28.4 Å². The first-order chi connectivity index (χ1) is 14.4. The summed E-state index contributed by atoms with van der Waals surface area (Å²) in [5.74, 6) is -1.24. The van der Waals surface area contributed by atoms with Gasteiger partial charge >= 0.3 is 18.0 Å². The van der Waals surface area contributed by atoms with Crippen molar-refractivity contribution >= 4 is 46.7 Å². The Morgan fingerprint density at radius 1 is 0.833 bits per heavy atom. The summed E-state index contributed by atoms with van der Waals surface area (Å²) < 4.78 is 15.6. The standard InChI is InChI=1S/C21H22NO6PS/c1-26-19(23)17-13-14-18(20(24)27-2)22(17)21(25)28-29(30,15-9-5-3-6-10-15)16-11-7-4-8-12-16/h3-12,17-18H,13-14H2,1-2H3/t17-,18-/m1/s1. The van der Waals surface area contributed by atoms with Gasteiger partial charge in [-0.2, -0.15) is 0 Å². The van der Waals surface area contributed by atoms with Crippen LogP contribution in [0.5, 0.6) is 0 Å². The summed E-state index contributed by atoms with van der Waals surface area (Å²) in [6.07, 6.45) is -3.33. The van der Waals surface area contributed by atoms with Crippen molar-refractivity contribution in [3.8, 4) is 0 Å². The van der Waals surface area contributed by atoms with Crippen LogP contribution in [0.4, 0.5) is 4.79 Å². The van der Waals surface area contributed by atoms with Gasteiger partial charge in [0.15, 0.2) is 6.26 Å². The Balaban J connectivity index is 2.01. The minimum Gasteiger partial charge on any atom is -0.467 e. The molecule has 0 spiro atoms. The third-order valence-corrected chi connectivity index (χ3v) is 8.80. The lowest BCUT2D eigenvalue weighted by atomic mass is 10.2. The fourth-order valence-electron chi connectivity index (χ4n) is 3.46. The van der Waals surface area contributed by atoms with Crippen LogP contribution in [0.1, 0.15) is 12.8 Å². The Bertz CT molecular complexity index is 900. The molecule has 7 nitrogen and oxygen atoms in total. The van der Waals surface area contributed by atoms with Crippen molar-refractivity contribution in [2.24, 2.45) is 0 Å². The fourth-order valence-corrected chi connectivity index (χ4v) is 6.33. The molecule has 1 heterocycles. The van der Waals surface area contributed by atoms with Crippen molar-refractivity contribution in [2.45, 2.75) is 24.9 Å². The monoisotopic (exact) mass is 447 g/mol. The highest BCUT2D eigenvalue weighted by atomic mass is 32.4. The number of carbonyl (C=O) groups is 3. The van der Waals surface area contributed by atoms with Gasteiger partial charge in [-0.3, -0.25) is 4.90 Å². The van der Waals surface area contributed by atoms with Gasteiger partial charge in [0.2, 0.25) is 0 Å². The third-order valence-electron chi connectivity index (χ3n) is 4.94. The summed E-state index contributed by atoms with van der Waals surface area (Å²) in [4.78, 5) is 38.9. The van der Waals surface area contributed by atoms with Crippen LogP contribution in [0.15, 0.2) is 60.7 Å². The highest BCUT2D eigenvalue weighted by Gasteiger charge is 2.47. The third kappa shape index (κ3) is 4.25. The number of ether oxygens (including phenoxy) is 2. The highest BCUT2D eigenvalue weighted by molar-refractivity contribution is 8.19. The quantitative estimate of drug-likeness (QED) is 0.514. The van der Waals surface area contributed by atoms with Gasteiger partial charge in [0.1, 0.15) is 12.1 Å². The smallest absolute Gasteiger partial charge is 0.415 e. The summed E-state index contributed by atoms with van der Waals surface area (Å²) in [5.41, 5.74) is 0. The SMILES string of the molecule is COC(=O)[C@H]1CC[C@H](C(=O)OC)N1C(=O)OP(=S)(c1ccccc1)c1ccccc1. The zero-order chi connectivity index (χ0) is 21.7. The first-order valence-electron chi connectivity index (χ1n) is 9.31. The van der Waals surface area contributed by atoms with Crippen molar-refractivity contribution in [2.75, 3.05) is 14.2 Å². The molecule has 0 aliphatic carbocycles. The predicted octanol–water partition coefficient (Wildman–Crippen LogP) is 2.35. The van der Waals surface area contributed by atoms with Crippen molar-refractivity contribution in [3.63, 3.8) is 0 Å².